The van der Waals surface area contributed by atoms with Crippen molar-refractivity contribution >= 4 is 5.82 Å². The minimum atomic E-state index is -0.224. The molecule has 0 unspecified atom stereocenters. The predicted molar refractivity (Wildman–Crippen MR) is 72.6 cm³/mol. The van der Waals surface area contributed by atoms with E-state index in [1.165, 1.54) is 0 Å². The van der Waals surface area contributed by atoms with Crippen LogP contribution in [0.25, 0.3) is 0 Å². The fourth-order valence-corrected chi connectivity index (χ4v) is 1.62. The molecule has 1 fully saturated rings. The molecule has 4 heteroatoms. The van der Waals surface area contributed by atoms with E-state index in [0.29, 0.717) is 6.10 Å². The van der Waals surface area contributed by atoms with Crippen LogP contribution < -0.4 is 14.4 Å². The van der Waals surface area contributed by atoms with Gasteiger partial charge < -0.3 is 14.4 Å². The van der Waals surface area contributed by atoms with Gasteiger partial charge in [-0.05, 0) is 33.6 Å². The Labute approximate surface area is 109 Å². The van der Waals surface area contributed by atoms with E-state index in [1.807, 2.05) is 45.8 Å². The van der Waals surface area contributed by atoms with Crippen LogP contribution in [0.4, 0.5) is 5.82 Å². The number of ether oxygens (including phenoxy) is 2. The summed E-state index contributed by atoms with van der Waals surface area (Å²) in [5.74, 6) is 2.41. The highest BCUT2D eigenvalue weighted by molar-refractivity contribution is 5.54. The van der Waals surface area contributed by atoms with Crippen molar-refractivity contribution in [3.63, 3.8) is 0 Å². The van der Waals surface area contributed by atoms with Crippen LogP contribution in [0.15, 0.2) is 12.3 Å². The molecule has 1 saturated carbocycles. The van der Waals surface area contributed by atoms with E-state index in [4.69, 9.17) is 9.47 Å². The van der Waals surface area contributed by atoms with Gasteiger partial charge in [0.1, 0.15) is 11.4 Å². The summed E-state index contributed by atoms with van der Waals surface area (Å²) in [5, 5.41) is 0. The molecule has 4 nitrogen and oxygen atoms in total. The summed E-state index contributed by atoms with van der Waals surface area (Å²) in [7, 11) is 3.93. The zero-order valence-electron chi connectivity index (χ0n) is 11.9. The van der Waals surface area contributed by atoms with Gasteiger partial charge in [0, 0.05) is 20.2 Å². The van der Waals surface area contributed by atoms with Gasteiger partial charge in [-0.15, -0.1) is 0 Å². The number of rotatable bonds is 4. The van der Waals surface area contributed by atoms with E-state index in [0.717, 1.165) is 30.2 Å². The quantitative estimate of drug-likeness (QED) is 0.823. The highest BCUT2D eigenvalue weighted by Crippen LogP contribution is 2.35. The number of anilines is 1. The lowest BCUT2D eigenvalue weighted by Crippen LogP contribution is -2.23. The van der Waals surface area contributed by atoms with Crippen molar-refractivity contribution in [3.05, 3.63) is 12.3 Å². The second-order valence-electron chi connectivity index (χ2n) is 5.92. The third kappa shape index (κ3) is 3.52. The second kappa shape index (κ2) is 4.67. The normalized spacial score (nSPS) is 15.4. The molecule has 0 aliphatic heterocycles. The zero-order chi connectivity index (χ0) is 13.3. The maximum atomic E-state index is 5.89. The van der Waals surface area contributed by atoms with Gasteiger partial charge in [-0.25, -0.2) is 4.98 Å². The van der Waals surface area contributed by atoms with E-state index in [-0.39, 0.29) is 5.60 Å². The Morgan fingerprint density at radius 1 is 1.28 bits per heavy atom. The van der Waals surface area contributed by atoms with Crippen LogP contribution in [-0.2, 0) is 0 Å². The Hall–Kier alpha value is -1.45. The van der Waals surface area contributed by atoms with Gasteiger partial charge >= 0.3 is 0 Å². The summed E-state index contributed by atoms with van der Waals surface area (Å²) in [5.41, 5.74) is -0.224. The molecule has 0 spiro atoms. The fourth-order valence-electron chi connectivity index (χ4n) is 1.62. The lowest BCUT2D eigenvalue weighted by atomic mass is 10.2. The summed E-state index contributed by atoms with van der Waals surface area (Å²) in [4.78, 5) is 6.38. The van der Waals surface area contributed by atoms with Gasteiger partial charge in [-0.1, -0.05) is 0 Å². The molecular formula is C14H22N2O2. The van der Waals surface area contributed by atoms with Gasteiger partial charge in [0.05, 0.1) is 12.3 Å². The Bertz CT molecular complexity index is 420. The standard InChI is InChI=1S/C14H22N2O2/c1-14(2,3)18-11-8-12(17-10-6-7-10)13(15-9-11)16(4)5/h8-10H,6-7H2,1-5H3. The number of aromatic nitrogens is 1. The summed E-state index contributed by atoms with van der Waals surface area (Å²) in [6.45, 7) is 6.07. The third-order valence-electron chi connectivity index (χ3n) is 2.47. The molecule has 100 valence electrons. The molecule has 1 aromatic heterocycles. The highest BCUT2D eigenvalue weighted by atomic mass is 16.5. The van der Waals surface area contributed by atoms with Gasteiger partial charge in [0.2, 0.25) is 0 Å². The Morgan fingerprint density at radius 2 is 1.94 bits per heavy atom. The van der Waals surface area contributed by atoms with Crippen molar-refractivity contribution in [2.24, 2.45) is 0 Å². The van der Waals surface area contributed by atoms with Crippen molar-refractivity contribution in [3.8, 4) is 11.5 Å². The molecule has 0 atom stereocenters. The molecule has 1 aliphatic carbocycles. The van der Waals surface area contributed by atoms with Crippen LogP contribution in [0.5, 0.6) is 11.5 Å². The maximum Gasteiger partial charge on any atom is 0.171 e. The van der Waals surface area contributed by atoms with Crippen molar-refractivity contribution < 1.29 is 9.47 Å². The Kier molecular flexibility index (Phi) is 3.37. The van der Waals surface area contributed by atoms with Crippen molar-refractivity contribution in [1.82, 2.24) is 4.98 Å². The van der Waals surface area contributed by atoms with Crippen molar-refractivity contribution in [1.29, 1.82) is 0 Å². The predicted octanol–water partition coefficient (Wildman–Crippen LogP) is 2.87. The van der Waals surface area contributed by atoms with E-state index in [9.17, 15) is 0 Å². The molecule has 1 aliphatic rings. The van der Waals surface area contributed by atoms with E-state index in [2.05, 4.69) is 4.98 Å². The van der Waals surface area contributed by atoms with Crippen LogP contribution in [0.2, 0.25) is 0 Å². The van der Waals surface area contributed by atoms with Crippen LogP contribution in [0.1, 0.15) is 33.6 Å². The lowest BCUT2D eigenvalue weighted by Gasteiger charge is -2.23. The first-order valence-electron chi connectivity index (χ1n) is 6.38. The summed E-state index contributed by atoms with van der Waals surface area (Å²) >= 11 is 0. The maximum absolute atomic E-state index is 5.89. The molecule has 18 heavy (non-hydrogen) atoms. The summed E-state index contributed by atoms with van der Waals surface area (Å²) in [6, 6.07) is 1.94. The molecule has 0 radical (unpaired) electrons. The average Bonchev–Trinajstić information content (AvgIpc) is 2.98. The average molecular weight is 250 g/mol. The van der Waals surface area contributed by atoms with E-state index >= 15 is 0 Å². The molecular weight excluding hydrogens is 228 g/mol. The van der Waals surface area contributed by atoms with Crippen LogP contribution >= 0.6 is 0 Å². The number of hydrogen-bond donors (Lipinski definition) is 0. The van der Waals surface area contributed by atoms with Gasteiger partial charge in [-0.2, -0.15) is 0 Å². The van der Waals surface area contributed by atoms with Gasteiger partial charge in [0.25, 0.3) is 0 Å². The van der Waals surface area contributed by atoms with E-state index in [1.54, 1.807) is 6.20 Å². The Balaban J connectivity index is 2.23. The zero-order valence-corrected chi connectivity index (χ0v) is 11.9. The molecule has 0 bridgehead atoms. The van der Waals surface area contributed by atoms with Gasteiger partial charge in [0.15, 0.2) is 11.6 Å². The van der Waals surface area contributed by atoms with Crippen LogP contribution in [0, 0.1) is 0 Å². The SMILES string of the molecule is CN(C)c1ncc(OC(C)(C)C)cc1OC1CC1. The van der Waals surface area contributed by atoms with Crippen molar-refractivity contribution in [2.75, 3.05) is 19.0 Å². The molecule has 0 saturated heterocycles. The largest absolute Gasteiger partial charge is 0.486 e. The van der Waals surface area contributed by atoms with Crippen molar-refractivity contribution in [2.45, 2.75) is 45.3 Å². The molecule has 1 heterocycles. The minimum Gasteiger partial charge on any atom is -0.486 e. The lowest BCUT2D eigenvalue weighted by molar-refractivity contribution is 0.129. The Morgan fingerprint density at radius 3 is 2.44 bits per heavy atom. The smallest absolute Gasteiger partial charge is 0.171 e. The number of nitrogens with zero attached hydrogens (tertiary/aromatic N) is 2. The summed E-state index contributed by atoms with van der Waals surface area (Å²) < 4.78 is 11.7. The highest BCUT2D eigenvalue weighted by Gasteiger charge is 2.26. The molecule has 2 rings (SSSR count). The van der Waals surface area contributed by atoms with E-state index < -0.39 is 0 Å². The summed E-state index contributed by atoms with van der Waals surface area (Å²) in [6.07, 6.45) is 4.38. The number of hydrogen-bond acceptors (Lipinski definition) is 4. The first-order valence-corrected chi connectivity index (χ1v) is 6.38. The fraction of sp³-hybridized carbons (Fsp3) is 0.643. The minimum absolute atomic E-state index is 0.224. The molecule has 0 N–H and O–H groups in total. The van der Waals surface area contributed by atoms with Gasteiger partial charge in [-0.3, -0.25) is 0 Å². The second-order valence-corrected chi connectivity index (χ2v) is 5.92. The topological polar surface area (TPSA) is 34.6 Å². The monoisotopic (exact) mass is 250 g/mol. The first-order chi connectivity index (χ1) is 8.35. The van der Waals surface area contributed by atoms with Crippen LogP contribution in [-0.4, -0.2) is 30.8 Å². The van der Waals surface area contributed by atoms with Crippen LogP contribution in [0.3, 0.4) is 0 Å². The number of pyridine rings is 1. The molecule has 0 aromatic carbocycles. The molecule has 1 aromatic rings. The third-order valence-corrected chi connectivity index (χ3v) is 2.47. The molecule has 0 amide bonds. The first kappa shape index (κ1) is 13.0.